The maximum atomic E-state index is 12.2. The number of nitrogens with two attached hydrogens (primary N) is 1. The van der Waals surface area contributed by atoms with Gasteiger partial charge < -0.3 is 20.7 Å². The average molecular weight is 256 g/mol. The molecule has 2 heterocycles. The van der Waals surface area contributed by atoms with Crippen LogP contribution >= 0.6 is 0 Å². The molecule has 7 nitrogen and oxygen atoms in total. The monoisotopic (exact) mass is 256 g/mol. The van der Waals surface area contributed by atoms with Gasteiger partial charge in [0.15, 0.2) is 0 Å². The van der Waals surface area contributed by atoms with Gasteiger partial charge in [0.1, 0.15) is 6.04 Å². The number of nitrogens with one attached hydrogen (secondary N) is 1. The molecule has 2 aliphatic heterocycles. The van der Waals surface area contributed by atoms with Gasteiger partial charge in [-0.2, -0.15) is 0 Å². The molecule has 7 heteroatoms. The van der Waals surface area contributed by atoms with Crippen molar-refractivity contribution in [1.82, 2.24) is 15.1 Å². The third-order valence-corrected chi connectivity index (χ3v) is 3.35. The van der Waals surface area contributed by atoms with Crippen molar-refractivity contribution in [3.8, 4) is 0 Å². The lowest BCUT2D eigenvalue weighted by Gasteiger charge is -2.35. The van der Waals surface area contributed by atoms with Gasteiger partial charge in [-0.1, -0.05) is 0 Å². The Morgan fingerprint density at radius 1 is 1.28 bits per heavy atom. The Bertz CT molecular complexity index is 317. The Morgan fingerprint density at radius 3 is 2.67 bits per heavy atom. The first-order chi connectivity index (χ1) is 8.68. The number of carbonyl (C=O) groups excluding carboxylic acids is 2. The highest BCUT2D eigenvalue weighted by Gasteiger charge is 2.32. The molecule has 0 aromatic heterocycles. The lowest BCUT2D eigenvalue weighted by molar-refractivity contribution is -0.148. The van der Waals surface area contributed by atoms with Gasteiger partial charge >= 0.3 is 0 Å². The number of rotatable bonds is 3. The van der Waals surface area contributed by atoms with Gasteiger partial charge in [0, 0.05) is 32.7 Å². The van der Waals surface area contributed by atoms with Gasteiger partial charge in [-0.05, 0) is 0 Å². The summed E-state index contributed by atoms with van der Waals surface area (Å²) in [5, 5.41) is 3.23. The third-order valence-electron chi connectivity index (χ3n) is 3.35. The number of carbonyl (C=O) groups is 2. The van der Waals surface area contributed by atoms with Crippen LogP contribution in [0.2, 0.25) is 0 Å². The van der Waals surface area contributed by atoms with Gasteiger partial charge in [-0.25, -0.2) is 0 Å². The summed E-state index contributed by atoms with van der Waals surface area (Å²) < 4.78 is 5.20. The molecule has 2 amide bonds. The van der Waals surface area contributed by atoms with Crippen molar-refractivity contribution in [2.45, 2.75) is 6.04 Å². The zero-order valence-electron chi connectivity index (χ0n) is 10.4. The van der Waals surface area contributed by atoms with E-state index in [9.17, 15) is 9.59 Å². The van der Waals surface area contributed by atoms with E-state index in [0.717, 1.165) is 26.2 Å². The minimum atomic E-state index is -0.617. The minimum absolute atomic E-state index is 0.0380. The quantitative estimate of drug-likeness (QED) is 0.588. The summed E-state index contributed by atoms with van der Waals surface area (Å²) in [6.07, 6.45) is 0. The second-order valence-electron chi connectivity index (χ2n) is 4.61. The summed E-state index contributed by atoms with van der Waals surface area (Å²) in [7, 11) is 0. The van der Waals surface area contributed by atoms with Crippen LogP contribution in [-0.2, 0) is 14.3 Å². The Kier molecular flexibility index (Phi) is 4.51. The fourth-order valence-corrected chi connectivity index (χ4v) is 2.29. The van der Waals surface area contributed by atoms with E-state index in [4.69, 9.17) is 10.5 Å². The molecule has 102 valence electrons. The lowest BCUT2D eigenvalue weighted by Crippen LogP contribution is -2.57. The van der Waals surface area contributed by atoms with Crippen LogP contribution in [0, 0.1) is 0 Å². The summed E-state index contributed by atoms with van der Waals surface area (Å²) >= 11 is 0. The molecule has 1 atom stereocenters. The molecule has 0 saturated carbocycles. The molecule has 0 spiro atoms. The van der Waals surface area contributed by atoms with Crippen molar-refractivity contribution in [3.05, 3.63) is 0 Å². The number of piperazine rings is 1. The summed E-state index contributed by atoms with van der Waals surface area (Å²) in [6.45, 7) is 4.99. The molecular weight excluding hydrogens is 236 g/mol. The molecule has 2 aliphatic rings. The van der Waals surface area contributed by atoms with E-state index in [1.165, 1.54) is 0 Å². The van der Waals surface area contributed by atoms with Crippen molar-refractivity contribution in [2.24, 2.45) is 5.73 Å². The topological polar surface area (TPSA) is 87.9 Å². The highest BCUT2D eigenvalue weighted by atomic mass is 16.5. The Hall–Kier alpha value is -1.18. The Labute approximate surface area is 106 Å². The van der Waals surface area contributed by atoms with Crippen molar-refractivity contribution >= 4 is 11.8 Å². The summed E-state index contributed by atoms with van der Waals surface area (Å²) in [5.41, 5.74) is 5.29. The second kappa shape index (κ2) is 6.12. The number of ether oxygens (including phenoxy) is 1. The second-order valence-corrected chi connectivity index (χ2v) is 4.61. The highest BCUT2D eigenvalue weighted by Crippen LogP contribution is 2.08. The van der Waals surface area contributed by atoms with Gasteiger partial charge in [0.25, 0.3) is 0 Å². The molecule has 1 unspecified atom stereocenters. The third kappa shape index (κ3) is 3.18. The van der Waals surface area contributed by atoms with Gasteiger partial charge in [0.2, 0.25) is 11.8 Å². The fourth-order valence-electron chi connectivity index (χ4n) is 2.29. The van der Waals surface area contributed by atoms with Crippen molar-refractivity contribution in [1.29, 1.82) is 0 Å². The molecule has 2 rings (SSSR count). The number of nitrogens with zero attached hydrogens (tertiary/aromatic N) is 2. The molecule has 2 fully saturated rings. The number of amides is 2. The zero-order chi connectivity index (χ0) is 13.0. The van der Waals surface area contributed by atoms with E-state index >= 15 is 0 Å². The van der Waals surface area contributed by atoms with Gasteiger partial charge in [0.05, 0.1) is 19.8 Å². The van der Waals surface area contributed by atoms with E-state index in [1.807, 2.05) is 0 Å². The number of morpholine rings is 1. The van der Waals surface area contributed by atoms with E-state index in [0.29, 0.717) is 19.7 Å². The SMILES string of the molecule is NC(=O)C1COCCN1C(=O)CN1CCNCC1. The fraction of sp³-hybridized carbons (Fsp3) is 0.818. The molecular formula is C11H20N4O3. The predicted octanol–water partition coefficient (Wildman–Crippen LogP) is -2.40. The largest absolute Gasteiger partial charge is 0.377 e. The van der Waals surface area contributed by atoms with E-state index in [1.54, 1.807) is 4.90 Å². The first-order valence-corrected chi connectivity index (χ1v) is 6.28. The first kappa shape index (κ1) is 13.3. The number of hydrogen-bond acceptors (Lipinski definition) is 5. The maximum absolute atomic E-state index is 12.2. The molecule has 0 aromatic rings. The van der Waals surface area contributed by atoms with Crippen LogP contribution in [0.25, 0.3) is 0 Å². The highest BCUT2D eigenvalue weighted by molar-refractivity contribution is 5.87. The van der Waals surface area contributed by atoms with Gasteiger partial charge in [-0.3, -0.25) is 14.5 Å². The minimum Gasteiger partial charge on any atom is -0.377 e. The van der Waals surface area contributed by atoms with E-state index in [-0.39, 0.29) is 12.5 Å². The Morgan fingerprint density at radius 2 is 2.00 bits per heavy atom. The van der Waals surface area contributed by atoms with Crippen LogP contribution in [0.5, 0.6) is 0 Å². The average Bonchev–Trinajstić information content (AvgIpc) is 2.40. The molecule has 3 N–H and O–H groups in total. The van der Waals surface area contributed by atoms with Gasteiger partial charge in [-0.15, -0.1) is 0 Å². The van der Waals surface area contributed by atoms with Crippen LogP contribution in [0.4, 0.5) is 0 Å². The smallest absolute Gasteiger partial charge is 0.242 e. The normalized spacial score (nSPS) is 26.0. The molecule has 18 heavy (non-hydrogen) atoms. The van der Waals surface area contributed by atoms with Crippen LogP contribution in [0.3, 0.4) is 0 Å². The van der Waals surface area contributed by atoms with Crippen LogP contribution in [0.15, 0.2) is 0 Å². The maximum Gasteiger partial charge on any atom is 0.242 e. The molecule has 0 radical (unpaired) electrons. The predicted molar refractivity (Wildman–Crippen MR) is 64.8 cm³/mol. The number of primary amides is 1. The summed E-state index contributed by atoms with van der Waals surface area (Å²) in [5.74, 6) is -0.535. The molecule has 0 aliphatic carbocycles. The van der Waals surface area contributed by atoms with Crippen molar-refractivity contribution in [2.75, 3.05) is 52.5 Å². The molecule has 0 aromatic carbocycles. The van der Waals surface area contributed by atoms with Crippen LogP contribution < -0.4 is 11.1 Å². The lowest BCUT2D eigenvalue weighted by atomic mass is 10.2. The molecule has 0 bridgehead atoms. The first-order valence-electron chi connectivity index (χ1n) is 6.28. The van der Waals surface area contributed by atoms with E-state index < -0.39 is 11.9 Å². The number of hydrogen-bond donors (Lipinski definition) is 2. The van der Waals surface area contributed by atoms with Crippen LogP contribution in [0.1, 0.15) is 0 Å². The molecule has 2 saturated heterocycles. The standard InChI is InChI=1S/C11H20N4O3/c12-11(17)9-8-18-6-5-15(9)10(16)7-14-3-1-13-2-4-14/h9,13H,1-8H2,(H2,12,17). The summed E-state index contributed by atoms with van der Waals surface area (Å²) in [6, 6.07) is -0.617. The van der Waals surface area contributed by atoms with Crippen molar-refractivity contribution in [3.63, 3.8) is 0 Å². The van der Waals surface area contributed by atoms with E-state index in [2.05, 4.69) is 10.2 Å². The van der Waals surface area contributed by atoms with Crippen LogP contribution in [-0.4, -0.2) is 80.1 Å². The van der Waals surface area contributed by atoms with Crippen molar-refractivity contribution < 1.29 is 14.3 Å². The zero-order valence-corrected chi connectivity index (χ0v) is 10.4. The Balaban J connectivity index is 1.91. The summed E-state index contributed by atoms with van der Waals surface area (Å²) in [4.78, 5) is 27.1.